The van der Waals surface area contributed by atoms with Crippen molar-refractivity contribution in [3.8, 4) is 22.6 Å². The van der Waals surface area contributed by atoms with Gasteiger partial charge in [0.15, 0.2) is 5.65 Å². The van der Waals surface area contributed by atoms with Gasteiger partial charge in [-0.1, -0.05) is 26.8 Å². The zero-order chi connectivity index (χ0) is 22.4. The number of aromatic amines is 1. The van der Waals surface area contributed by atoms with Crippen molar-refractivity contribution >= 4 is 17.2 Å². The Bertz CT molecular complexity index is 1250. The lowest BCUT2D eigenvalue weighted by Crippen LogP contribution is -2.28. The van der Waals surface area contributed by atoms with Crippen LogP contribution in [-0.2, 0) is 11.0 Å². The fourth-order valence-corrected chi connectivity index (χ4v) is 3.02. The third-order valence-electron chi connectivity index (χ3n) is 4.74. The van der Waals surface area contributed by atoms with E-state index >= 15 is 0 Å². The molecule has 1 aromatic carbocycles. The van der Waals surface area contributed by atoms with Crippen LogP contribution in [0.3, 0.4) is 0 Å². The molecule has 0 radical (unpaired) electrons. The molecule has 0 fully saturated rings. The van der Waals surface area contributed by atoms with Crippen LogP contribution in [0.4, 0.5) is 18.9 Å². The molecule has 0 saturated heterocycles. The summed E-state index contributed by atoms with van der Waals surface area (Å²) < 4.78 is 42.0. The Morgan fingerprint density at radius 2 is 1.84 bits per heavy atom. The van der Waals surface area contributed by atoms with Gasteiger partial charge < -0.3 is 10.3 Å². The highest BCUT2D eigenvalue weighted by atomic mass is 19.4. The van der Waals surface area contributed by atoms with Crippen molar-refractivity contribution in [3.63, 3.8) is 0 Å². The SMILES string of the molecule is CC(C)(C)C(=O)Nc1cc(-c2cn3nc(-c4ccc[nH]4)ccc3n2)ccc1C(F)(F)F. The Morgan fingerprint density at radius 1 is 1.06 bits per heavy atom. The Hall–Kier alpha value is -3.62. The third kappa shape index (κ3) is 4.16. The second kappa shape index (κ2) is 7.26. The molecule has 2 N–H and O–H groups in total. The van der Waals surface area contributed by atoms with Crippen LogP contribution in [0.2, 0.25) is 0 Å². The highest BCUT2D eigenvalue weighted by molar-refractivity contribution is 5.96. The molecule has 9 heteroatoms. The second-order valence-corrected chi connectivity index (χ2v) is 8.19. The summed E-state index contributed by atoms with van der Waals surface area (Å²) in [6.07, 6.45) is -1.18. The molecule has 0 atom stereocenters. The molecule has 3 heterocycles. The number of fused-ring (bicyclic) bond motifs is 1. The summed E-state index contributed by atoms with van der Waals surface area (Å²) in [5.41, 5.74) is 0.892. The van der Waals surface area contributed by atoms with Crippen LogP contribution in [0.1, 0.15) is 26.3 Å². The number of hydrogen-bond acceptors (Lipinski definition) is 3. The molecule has 1 amide bonds. The zero-order valence-corrected chi connectivity index (χ0v) is 17.1. The molecule has 0 aliphatic carbocycles. The van der Waals surface area contributed by atoms with E-state index in [2.05, 4.69) is 20.4 Å². The molecular formula is C22H20F3N5O. The summed E-state index contributed by atoms with van der Waals surface area (Å²) >= 11 is 0. The van der Waals surface area contributed by atoms with E-state index in [0.717, 1.165) is 11.8 Å². The number of halogens is 3. The topological polar surface area (TPSA) is 75.1 Å². The smallest absolute Gasteiger partial charge is 0.360 e. The standard InChI is InChI=1S/C22H20F3N5O/c1-21(2,3)20(31)28-17-11-13(6-7-14(17)22(23,24)25)18-12-30-19(27-18)9-8-16(29-30)15-5-4-10-26-15/h4-12,26H,1-3H3,(H,28,31). The highest BCUT2D eigenvalue weighted by Gasteiger charge is 2.35. The van der Waals surface area contributed by atoms with Gasteiger partial charge in [-0.05, 0) is 36.4 Å². The number of alkyl halides is 3. The molecule has 0 bridgehead atoms. The second-order valence-electron chi connectivity index (χ2n) is 8.19. The predicted molar refractivity (Wildman–Crippen MR) is 111 cm³/mol. The average molecular weight is 427 g/mol. The van der Waals surface area contributed by atoms with Crippen molar-refractivity contribution in [3.05, 3.63) is 60.4 Å². The quantitative estimate of drug-likeness (QED) is 0.460. The molecule has 0 unspecified atom stereocenters. The van der Waals surface area contributed by atoms with Crippen molar-refractivity contribution in [2.45, 2.75) is 26.9 Å². The first-order valence-electron chi connectivity index (χ1n) is 9.56. The van der Waals surface area contributed by atoms with Crippen LogP contribution < -0.4 is 5.32 Å². The molecule has 0 saturated carbocycles. The largest absolute Gasteiger partial charge is 0.418 e. The maximum atomic E-state index is 13.5. The normalized spacial score (nSPS) is 12.3. The molecule has 31 heavy (non-hydrogen) atoms. The number of nitrogens with zero attached hydrogens (tertiary/aromatic N) is 3. The summed E-state index contributed by atoms with van der Waals surface area (Å²) in [5.74, 6) is -0.512. The van der Waals surface area contributed by atoms with Crippen molar-refractivity contribution in [1.82, 2.24) is 19.6 Å². The number of benzene rings is 1. The minimum Gasteiger partial charge on any atom is -0.360 e. The number of H-pyrrole nitrogens is 1. The number of nitrogens with one attached hydrogen (secondary N) is 2. The van der Waals surface area contributed by atoms with Crippen molar-refractivity contribution in [2.75, 3.05) is 5.32 Å². The van der Waals surface area contributed by atoms with Gasteiger partial charge in [0.2, 0.25) is 5.91 Å². The lowest BCUT2D eigenvalue weighted by Gasteiger charge is -2.20. The lowest BCUT2D eigenvalue weighted by molar-refractivity contribution is -0.137. The molecule has 0 aliphatic heterocycles. The number of anilines is 1. The van der Waals surface area contributed by atoms with E-state index in [9.17, 15) is 18.0 Å². The summed E-state index contributed by atoms with van der Waals surface area (Å²) in [6, 6.07) is 10.9. The minimum atomic E-state index is -4.61. The van der Waals surface area contributed by atoms with Gasteiger partial charge in [-0.3, -0.25) is 4.79 Å². The van der Waals surface area contributed by atoms with Crippen LogP contribution in [0, 0.1) is 5.41 Å². The molecule has 3 aromatic heterocycles. The molecule has 4 aromatic rings. The van der Waals surface area contributed by atoms with Gasteiger partial charge in [0.25, 0.3) is 0 Å². The lowest BCUT2D eigenvalue weighted by atomic mass is 9.95. The van der Waals surface area contributed by atoms with Gasteiger partial charge in [-0.15, -0.1) is 0 Å². The maximum Gasteiger partial charge on any atom is 0.418 e. The Kier molecular flexibility index (Phi) is 4.83. The number of rotatable bonds is 3. The van der Waals surface area contributed by atoms with Crippen LogP contribution in [-0.4, -0.2) is 25.5 Å². The number of carbonyl (C=O) groups excluding carboxylic acids is 1. The minimum absolute atomic E-state index is 0.304. The molecule has 160 valence electrons. The Morgan fingerprint density at radius 3 is 2.48 bits per heavy atom. The fraction of sp³-hybridized carbons (Fsp3) is 0.227. The van der Waals surface area contributed by atoms with E-state index in [1.165, 1.54) is 12.1 Å². The molecule has 0 aliphatic rings. The van der Waals surface area contributed by atoms with Crippen molar-refractivity contribution < 1.29 is 18.0 Å². The van der Waals surface area contributed by atoms with E-state index in [4.69, 9.17) is 0 Å². The Labute approximate surface area is 176 Å². The molecular weight excluding hydrogens is 407 g/mol. The van der Waals surface area contributed by atoms with Crippen LogP contribution in [0.5, 0.6) is 0 Å². The van der Waals surface area contributed by atoms with Gasteiger partial charge >= 0.3 is 6.18 Å². The third-order valence-corrected chi connectivity index (χ3v) is 4.74. The van der Waals surface area contributed by atoms with Crippen LogP contribution in [0.25, 0.3) is 28.3 Å². The van der Waals surface area contributed by atoms with E-state index in [0.29, 0.717) is 22.6 Å². The molecule has 0 spiro atoms. The first-order chi connectivity index (χ1) is 14.5. The molecule has 4 rings (SSSR count). The van der Waals surface area contributed by atoms with E-state index in [-0.39, 0.29) is 5.69 Å². The number of hydrogen-bond donors (Lipinski definition) is 2. The Balaban J connectivity index is 1.76. The number of carbonyl (C=O) groups is 1. The molecule has 6 nitrogen and oxygen atoms in total. The predicted octanol–water partition coefficient (Wildman–Crippen LogP) is 5.39. The van der Waals surface area contributed by atoms with Crippen LogP contribution in [0.15, 0.2) is 54.9 Å². The van der Waals surface area contributed by atoms with E-state index in [1.807, 2.05) is 12.1 Å². The van der Waals surface area contributed by atoms with Crippen molar-refractivity contribution in [2.24, 2.45) is 5.41 Å². The van der Waals surface area contributed by atoms with Gasteiger partial charge in [0.05, 0.1) is 28.8 Å². The van der Waals surface area contributed by atoms with Gasteiger partial charge in [0, 0.05) is 17.2 Å². The highest BCUT2D eigenvalue weighted by Crippen LogP contribution is 2.37. The summed E-state index contributed by atoms with van der Waals surface area (Å²) in [4.78, 5) is 19.9. The van der Waals surface area contributed by atoms with E-state index < -0.39 is 23.1 Å². The van der Waals surface area contributed by atoms with Crippen molar-refractivity contribution in [1.29, 1.82) is 0 Å². The first-order valence-corrected chi connectivity index (χ1v) is 9.56. The maximum absolute atomic E-state index is 13.5. The van der Waals surface area contributed by atoms with Crippen LogP contribution >= 0.6 is 0 Å². The number of amides is 1. The zero-order valence-electron chi connectivity index (χ0n) is 17.1. The summed E-state index contributed by atoms with van der Waals surface area (Å²) in [5, 5.41) is 6.91. The van der Waals surface area contributed by atoms with Gasteiger partial charge in [-0.25, -0.2) is 9.50 Å². The van der Waals surface area contributed by atoms with Gasteiger partial charge in [-0.2, -0.15) is 18.3 Å². The number of aromatic nitrogens is 4. The first kappa shape index (κ1) is 20.6. The van der Waals surface area contributed by atoms with Gasteiger partial charge in [0.1, 0.15) is 5.69 Å². The summed E-state index contributed by atoms with van der Waals surface area (Å²) in [6.45, 7) is 4.90. The monoisotopic (exact) mass is 427 g/mol. The fourth-order valence-electron chi connectivity index (χ4n) is 3.02. The number of imidazole rings is 1. The average Bonchev–Trinajstić information content (AvgIpc) is 3.35. The summed E-state index contributed by atoms with van der Waals surface area (Å²) in [7, 11) is 0. The van der Waals surface area contributed by atoms with E-state index in [1.54, 1.807) is 49.8 Å².